The lowest BCUT2D eigenvalue weighted by molar-refractivity contribution is 0.278. The Balaban J connectivity index is 1.54. The molecule has 27 heavy (non-hydrogen) atoms. The zero-order valence-electron chi connectivity index (χ0n) is 15.2. The first-order chi connectivity index (χ1) is 13.2. The Morgan fingerprint density at radius 1 is 1.07 bits per heavy atom. The molecule has 2 aromatic rings. The van der Waals surface area contributed by atoms with Gasteiger partial charge >= 0.3 is 0 Å². The van der Waals surface area contributed by atoms with Crippen molar-refractivity contribution in [2.24, 2.45) is 0 Å². The van der Waals surface area contributed by atoms with Crippen molar-refractivity contribution in [1.82, 2.24) is 9.80 Å². The second-order valence-corrected chi connectivity index (χ2v) is 6.97. The van der Waals surface area contributed by atoms with E-state index in [0.717, 1.165) is 55.5 Å². The average Bonchev–Trinajstić information content (AvgIpc) is 2.94. The molecule has 0 unspecified atom stereocenters. The Kier molecular flexibility index (Phi) is 6.44. The van der Waals surface area contributed by atoms with Crippen molar-refractivity contribution in [2.45, 2.75) is 13.0 Å². The molecule has 0 atom stereocenters. The summed E-state index contributed by atoms with van der Waals surface area (Å²) < 4.78 is 0. The highest BCUT2D eigenvalue weighted by Gasteiger charge is 2.17. The Bertz CT molecular complexity index is 876. The van der Waals surface area contributed by atoms with Crippen LogP contribution in [0.3, 0.4) is 0 Å². The van der Waals surface area contributed by atoms with Gasteiger partial charge in [-0.05, 0) is 54.5 Å². The number of rotatable bonds is 3. The molecule has 136 valence electrons. The van der Waals surface area contributed by atoms with E-state index in [1.807, 2.05) is 48.5 Å². The predicted molar refractivity (Wildman–Crippen MR) is 113 cm³/mol. The number of nitrogens with zero attached hydrogens (tertiary/aromatic N) is 3. The van der Waals surface area contributed by atoms with Crippen LogP contribution in [0.2, 0.25) is 0 Å². The zero-order chi connectivity index (χ0) is 19.1. The lowest BCUT2D eigenvalue weighted by Gasteiger charge is -2.25. The zero-order valence-corrected chi connectivity index (χ0v) is 16.0. The van der Waals surface area contributed by atoms with Crippen molar-refractivity contribution in [2.75, 3.05) is 31.5 Å². The average molecular weight is 375 g/mol. The van der Waals surface area contributed by atoms with Gasteiger partial charge in [-0.2, -0.15) is 5.26 Å². The smallest absolute Gasteiger partial charge is 0.173 e. The highest BCUT2D eigenvalue weighted by molar-refractivity contribution is 7.80. The van der Waals surface area contributed by atoms with Crippen molar-refractivity contribution >= 4 is 23.0 Å². The maximum atomic E-state index is 8.91. The summed E-state index contributed by atoms with van der Waals surface area (Å²) in [6.07, 6.45) is 6.52. The van der Waals surface area contributed by atoms with E-state index in [9.17, 15) is 0 Å². The van der Waals surface area contributed by atoms with Crippen LogP contribution in [0.15, 0.2) is 48.5 Å². The minimum atomic E-state index is 0.700. The van der Waals surface area contributed by atoms with Gasteiger partial charge in [0.25, 0.3) is 0 Å². The van der Waals surface area contributed by atoms with Crippen LogP contribution in [-0.4, -0.2) is 41.1 Å². The van der Waals surface area contributed by atoms with Gasteiger partial charge in [-0.15, -0.1) is 6.42 Å². The fraction of sp³-hybridized carbons (Fsp3) is 0.273. The third-order valence-electron chi connectivity index (χ3n) is 4.65. The number of nitrogens with one attached hydrogen (secondary N) is 1. The maximum absolute atomic E-state index is 8.91. The number of anilines is 1. The van der Waals surface area contributed by atoms with E-state index in [0.29, 0.717) is 5.56 Å². The van der Waals surface area contributed by atoms with Gasteiger partial charge in [0.05, 0.1) is 11.6 Å². The van der Waals surface area contributed by atoms with Crippen molar-refractivity contribution in [3.05, 3.63) is 65.2 Å². The number of benzene rings is 2. The molecule has 0 amide bonds. The fourth-order valence-electron chi connectivity index (χ4n) is 3.16. The third kappa shape index (κ3) is 5.31. The van der Waals surface area contributed by atoms with E-state index >= 15 is 0 Å². The topological polar surface area (TPSA) is 42.3 Å². The van der Waals surface area contributed by atoms with Crippen molar-refractivity contribution in [1.29, 1.82) is 5.26 Å². The molecule has 0 aromatic heterocycles. The van der Waals surface area contributed by atoms with Crippen LogP contribution in [0.5, 0.6) is 0 Å². The molecule has 1 aliphatic rings. The molecule has 1 aliphatic heterocycles. The number of thiocarbonyl (C=S) groups is 1. The minimum absolute atomic E-state index is 0.700. The molecule has 4 nitrogen and oxygen atoms in total. The lowest BCUT2D eigenvalue weighted by atomic mass is 10.1. The Hall–Kier alpha value is -2.86. The number of terminal acetylenes is 1. The first kappa shape index (κ1) is 18.9. The van der Waals surface area contributed by atoms with Crippen LogP contribution in [0.25, 0.3) is 0 Å². The van der Waals surface area contributed by atoms with E-state index in [1.165, 1.54) is 5.56 Å². The van der Waals surface area contributed by atoms with Gasteiger partial charge in [0.1, 0.15) is 0 Å². The lowest BCUT2D eigenvalue weighted by Crippen LogP contribution is -2.37. The summed E-state index contributed by atoms with van der Waals surface area (Å²) in [5, 5.41) is 13.0. The highest BCUT2D eigenvalue weighted by Crippen LogP contribution is 2.14. The second kappa shape index (κ2) is 9.19. The summed E-state index contributed by atoms with van der Waals surface area (Å²) in [7, 11) is 0. The van der Waals surface area contributed by atoms with E-state index in [1.54, 1.807) is 0 Å². The van der Waals surface area contributed by atoms with Crippen LogP contribution in [-0.2, 0) is 6.54 Å². The van der Waals surface area contributed by atoms with Crippen LogP contribution in [0.1, 0.15) is 23.1 Å². The molecule has 0 radical (unpaired) electrons. The summed E-state index contributed by atoms with van der Waals surface area (Å²) in [6.45, 7) is 4.70. The molecule has 1 N–H and O–H groups in total. The highest BCUT2D eigenvalue weighted by atomic mass is 32.1. The predicted octanol–water partition coefficient (Wildman–Crippen LogP) is 3.44. The van der Waals surface area contributed by atoms with Gasteiger partial charge in [0.2, 0.25) is 0 Å². The first-order valence-electron chi connectivity index (χ1n) is 9.02. The Morgan fingerprint density at radius 3 is 2.63 bits per heavy atom. The van der Waals surface area contributed by atoms with Gasteiger partial charge in [0.15, 0.2) is 5.11 Å². The van der Waals surface area contributed by atoms with Crippen molar-refractivity contribution in [3.8, 4) is 18.4 Å². The van der Waals surface area contributed by atoms with E-state index in [2.05, 4.69) is 27.1 Å². The molecule has 0 spiro atoms. The summed E-state index contributed by atoms with van der Waals surface area (Å²) in [4.78, 5) is 4.65. The molecule has 2 aromatic carbocycles. The first-order valence-corrected chi connectivity index (χ1v) is 9.43. The van der Waals surface area contributed by atoms with Crippen LogP contribution in [0, 0.1) is 23.7 Å². The second-order valence-electron chi connectivity index (χ2n) is 6.58. The fourth-order valence-corrected chi connectivity index (χ4v) is 3.46. The molecule has 1 heterocycles. The van der Waals surface area contributed by atoms with Crippen molar-refractivity contribution in [3.63, 3.8) is 0 Å². The van der Waals surface area contributed by atoms with Gasteiger partial charge < -0.3 is 10.2 Å². The molecule has 0 saturated carbocycles. The van der Waals surface area contributed by atoms with Crippen LogP contribution < -0.4 is 5.32 Å². The molecule has 0 aliphatic carbocycles. The SMILES string of the molecule is C#Cc1cccc(NC(=S)N2CCCN(Cc3ccc(C#N)cc3)CC2)c1. The maximum Gasteiger partial charge on any atom is 0.173 e. The summed E-state index contributed by atoms with van der Waals surface area (Å²) in [5.41, 5.74) is 3.70. The molecule has 1 saturated heterocycles. The molecule has 5 heteroatoms. The van der Waals surface area contributed by atoms with Gasteiger partial charge in [-0.1, -0.05) is 24.1 Å². The number of nitriles is 1. The van der Waals surface area contributed by atoms with E-state index < -0.39 is 0 Å². The van der Waals surface area contributed by atoms with Crippen molar-refractivity contribution < 1.29 is 0 Å². The van der Waals surface area contributed by atoms with E-state index in [4.69, 9.17) is 23.9 Å². The number of hydrogen-bond donors (Lipinski definition) is 1. The number of hydrogen-bond acceptors (Lipinski definition) is 3. The molecule has 0 bridgehead atoms. The summed E-state index contributed by atoms with van der Waals surface area (Å²) in [5.74, 6) is 2.64. The quantitative estimate of drug-likeness (QED) is 0.658. The molecular formula is C22H22N4S. The third-order valence-corrected chi connectivity index (χ3v) is 5.01. The Morgan fingerprint density at radius 2 is 1.89 bits per heavy atom. The summed E-state index contributed by atoms with van der Waals surface area (Å²) >= 11 is 5.61. The monoisotopic (exact) mass is 374 g/mol. The van der Waals surface area contributed by atoms with Gasteiger partial charge in [-0.25, -0.2) is 0 Å². The summed E-state index contributed by atoms with van der Waals surface area (Å²) in [6, 6.07) is 17.7. The van der Waals surface area contributed by atoms with Gasteiger partial charge in [-0.3, -0.25) is 4.90 Å². The molecule has 1 fully saturated rings. The minimum Gasteiger partial charge on any atom is -0.348 e. The van der Waals surface area contributed by atoms with E-state index in [-0.39, 0.29) is 0 Å². The van der Waals surface area contributed by atoms with Crippen LogP contribution in [0.4, 0.5) is 5.69 Å². The Labute approximate surface area is 166 Å². The standard InChI is InChI=1S/C22H22N4S/c1-2-18-5-3-6-21(15-18)24-22(27)26-12-4-11-25(13-14-26)17-20-9-7-19(16-23)8-10-20/h1,3,5-10,15H,4,11-14,17H2,(H,24,27). The largest absolute Gasteiger partial charge is 0.348 e. The molecule has 3 rings (SSSR count). The van der Waals surface area contributed by atoms with Crippen LogP contribution >= 0.6 is 12.2 Å². The normalized spacial score (nSPS) is 14.7. The van der Waals surface area contributed by atoms with Gasteiger partial charge in [0, 0.05) is 44.0 Å². The molecular weight excluding hydrogens is 352 g/mol.